The van der Waals surface area contributed by atoms with Gasteiger partial charge in [0.1, 0.15) is 0 Å². The molecule has 3 rings (SSSR count). The first kappa shape index (κ1) is 19.4. The highest BCUT2D eigenvalue weighted by Gasteiger charge is 2.24. The highest BCUT2D eigenvalue weighted by atomic mass is 32.2. The van der Waals surface area contributed by atoms with Crippen molar-refractivity contribution in [3.05, 3.63) is 35.7 Å². The van der Waals surface area contributed by atoms with Gasteiger partial charge in [-0.05, 0) is 50.9 Å². The Balaban J connectivity index is 1.57. The topological polar surface area (TPSA) is 43.9 Å². The molecular formula is C20H31N3O2S. The van der Waals surface area contributed by atoms with Crippen molar-refractivity contribution in [1.82, 2.24) is 9.80 Å². The number of anilines is 1. The van der Waals surface area contributed by atoms with Crippen molar-refractivity contribution in [2.45, 2.75) is 24.7 Å². The number of sulfone groups is 1. The number of rotatable bonds is 5. The second-order valence-electron chi connectivity index (χ2n) is 7.74. The summed E-state index contributed by atoms with van der Waals surface area (Å²) in [5.74, 6) is 0.747. The van der Waals surface area contributed by atoms with Gasteiger partial charge in [0.25, 0.3) is 0 Å². The highest BCUT2D eigenvalue weighted by molar-refractivity contribution is 7.95. The van der Waals surface area contributed by atoms with Gasteiger partial charge < -0.3 is 14.7 Å². The first-order valence-electron chi connectivity index (χ1n) is 9.53. The van der Waals surface area contributed by atoms with Crippen molar-refractivity contribution in [2.75, 3.05) is 57.8 Å². The maximum atomic E-state index is 12.3. The lowest BCUT2D eigenvalue weighted by Gasteiger charge is -2.38. The molecule has 2 fully saturated rings. The van der Waals surface area contributed by atoms with Gasteiger partial charge in [-0.1, -0.05) is 12.6 Å². The smallest absolute Gasteiger partial charge is 0.201 e. The summed E-state index contributed by atoms with van der Waals surface area (Å²) in [7, 11) is -1.21. The molecule has 2 aliphatic heterocycles. The van der Waals surface area contributed by atoms with Crippen molar-refractivity contribution < 1.29 is 8.42 Å². The van der Waals surface area contributed by atoms with E-state index in [2.05, 4.69) is 28.3 Å². The van der Waals surface area contributed by atoms with Crippen LogP contribution in [0, 0.1) is 5.92 Å². The van der Waals surface area contributed by atoms with Gasteiger partial charge in [-0.15, -0.1) is 0 Å². The largest absolute Gasteiger partial charge is 0.371 e. The Kier molecular flexibility index (Phi) is 6.05. The van der Waals surface area contributed by atoms with E-state index in [1.807, 2.05) is 12.1 Å². The first-order valence-corrected chi connectivity index (χ1v) is 11.0. The van der Waals surface area contributed by atoms with E-state index < -0.39 is 9.84 Å². The van der Waals surface area contributed by atoms with Crippen LogP contribution in [0.2, 0.25) is 0 Å². The number of nitrogens with zero attached hydrogens (tertiary/aromatic N) is 3. The molecule has 5 nitrogen and oxygen atoms in total. The summed E-state index contributed by atoms with van der Waals surface area (Å²) in [6.45, 7) is 13.0. The van der Waals surface area contributed by atoms with E-state index in [4.69, 9.17) is 0 Å². The molecule has 0 aromatic heterocycles. The fourth-order valence-electron chi connectivity index (χ4n) is 3.82. The predicted molar refractivity (Wildman–Crippen MR) is 107 cm³/mol. The molecule has 0 N–H and O–H groups in total. The van der Waals surface area contributed by atoms with E-state index in [-0.39, 0.29) is 4.91 Å². The van der Waals surface area contributed by atoms with Crippen LogP contribution < -0.4 is 4.90 Å². The zero-order chi connectivity index (χ0) is 18.7. The standard InChI is InChI=1S/C20H31N3O2S/c1-17(2)26(24,25)20-6-4-5-19(15-20)23-9-7-18(8-10-23)16-22-13-11-21(3)12-14-22/h4-6,15,18H,1,7-14,16H2,2-3H3. The van der Waals surface area contributed by atoms with Crippen LogP contribution in [0.4, 0.5) is 5.69 Å². The monoisotopic (exact) mass is 377 g/mol. The Morgan fingerprint density at radius 1 is 1.12 bits per heavy atom. The SMILES string of the molecule is C=C(C)S(=O)(=O)c1cccc(N2CCC(CN3CCN(C)CC3)CC2)c1. The number of hydrogen-bond acceptors (Lipinski definition) is 5. The molecule has 2 saturated heterocycles. The normalized spacial score (nSPS) is 21.1. The molecule has 6 heteroatoms. The van der Waals surface area contributed by atoms with Crippen LogP contribution in [0.15, 0.2) is 40.6 Å². The lowest BCUT2D eigenvalue weighted by atomic mass is 9.95. The maximum Gasteiger partial charge on any atom is 0.201 e. The fraction of sp³-hybridized carbons (Fsp3) is 0.600. The number of piperidine rings is 1. The van der Waals surface area contributed by atoms with Gasteiger partial charge in [0, 0.05) is 56.4 Å². The average Bonchev–Trinajstić information content (AvgIpc) is 2.64. The van der Waals surface area contributed by atoms with Gasteiger partial charge in [-0.2, -0.15) is 0 Å². The summed E-state index contributed by atoms with van der Waals surface area (Å²) in [6.07, 6.45) is 2.34. The lowest BCUT2D eigenvalue weighted by Crippen LogP contribution is -2.47. The van der Waals surface area contributed by atoms with Gasteiger partial charge in [0.15, 0.2) is 0 Å². The van der Waals surface area contributed by atoms with Crippen molar-refractivity contribution in [3.8, 4) is 0 Å². The molecule has 0 amide bonds. The third-order valence-corrected chi connectivity index (χ3v) is 7.47. The van der Waals surface area contributed by atoms with Crippen LogP contribution in [0.5, 0.6) is 0 Å². The van der Waals surface area contributed by atoms with Crippen molar-refractivity contribution >= 4 is 15.5 Å². The number of benzene rings is 1. The van der Waals surface area contributed by atoms with Crippen LogP contribution in [-0.2, 0) is 9.84 Å². The summed E-state index contributed by atoms with van der Waals surface area (Å²) in [5, 5.41) is 0. The Hall–Kier alpha value is -1.37. The van der Waals surface area contributed by atoms with Gasteiger partial charge in [0.05, 0.1) is 4.90 Å². The van der Waals surface area contributed by atoms with Crippen molar-refractivity contribution in [2.24, 2.45) is 5.92 Å². The number of allylic oxidation sites excluding steroid dienone is 1. The third-order valence-electron chi connectivity index (χ3n) is 5.68. The second-order valence-corrected chi connectivity index (χ2v) is 9.91. The molecule has 0 atom stereocenters. The van der Waals surface area contributed by atoms with Crippen LogP contribution in [0.25, 0.3) is 0 Å². The highest BCUT2D eigenvalue weighted by Crippen LogP contribution is 2.27. The molecule has 26 heavy (non-hydrogen) atoms. The van der Waals surface area contributed by atoms with E-state index in [0.717, 1.165) is 24.7 Å². The predicted octanol–water partition coefficient (Wildman–Crippen LogP) is 2.46. The summed E-state index contributed by atoms with van der Waals surface area (Å²) in [6, 6.07) is 7.30. The maximum absolute atomic E-state index is 12.3. The van der Waals surface area contributed by atoms with E-state index >= 15 is 0 Å². The summed E-state index contributed by atoms with van der Waals surface area (Å²) >= 11 is 0. The minimum absolute atomic E-state index is 0.195. The van der Waals surface area contributed by atoms with E-state index in [1.165, 1.54) is 45.6 Å². The summed E-state index contributed by atoms with van der Waals surface area (Å²) in [5.41, 5.74) is 1.00. The van der Waals surface area contributed by atoms with Gasteiger partial charge in [0.2, 0.25) is 9.84 Å². The molecule has 2 aliphatic rings. The van der Waals surface area contributed by atoms with Gasteiger partial charge in [-0.3, -0.25) is 0 Å². The summed E-state index contributed by atoms with van der Waals surface area (Å²) < 4.78 is 24.7. The third kappa shape index (κ3) is 4.48. The van der Waals surface area contributed by atoms with Crippen LogP contribution in [-0.4, -0.2) is 71.1 Å². The van der Waals surface area contributed by atoms with Crippen LogP contribution in [0.3, 0.4) is 0 Å². The average molecular weight is 378 g/mol. The molecule has 1 aromatic carbocycles. The van der Waals surface area contributed by atoms with Crippen molar-refractivity contribution in [3.63, 3.8) is 0 Å². The molecule has 0 aliphatic carbocycles. The number of likely N-dealkylation sites (N-methyl/N-ethyl adjacent to an activating group) is 1. The quantitative estimate of drug-likeness (QED) is 0.789. The Labute approximate surface area is 158 Å². The minimum atomic E-state index is -3.40. The molecule has 0 unspecified atom stereocenters. The molecule has 0 radical (unpaired) electrons. The van der Waals surface area contributed by atoms with Gasteiger partial charge in [-0.25, -0.2) is 8.42 Å². The zero-order valence-electron chi connectivity index (χ0n) is 16.0. The minimum Gasteiger partial charge on any atom is -0.371 e. The molecular weight excluding hydrogens is 346 g/mol. The van der Waals surface area contributed by atoms with E-state index in [9.17, 15) is 8.42 Å². The Morgan fingerprint density at radius 3 is 2.38 bits per heavy atom. The Bertz CT molecular complexity index is 731. The van der Waals surface area contributed by atoms with E-state index in [0.29, 0.717) is 4.90 Å². The second kappa shape index (κ2) is 8.11. The first-order chi connectivity index (χ1) is 12.4. The molecule has 0 saturated carbocycles. The lowest BCUT2D eigenvalue weighted by molar-refractivity contribution is 0.129. The summed E-state index contributed by atoms with van der Waals surface area (Å²) in [4.78, 5) is 7.85. The van der Waals surface area contributed by atoms with E-state index in [1.54, 1.807) is 19.1 Å². The molecule has 144 valence electrons. The molecule has 2 heterocycles. The molecule has 0 bridgehead atoms. The van der Waals surface area contributed by atoms with Crippen LogP contribution >= 0.6 is 0 Å². The Morgan fingerprint density at radius 2 is 1.77 bits per heavy atom. The zero-order valence-corrected chi connectivity index (χ0v) is 16.8. The van der Waals surface area contributed by atoms with Gasteiger partial charge >= 0.3 is 0 Å². The van der Waals surface area contributed by atoms with Crippen molar-refractivity contribution in [1.29, 1.82) is 0 Å². The molecule has 0 spiro atoms. The number of hydrogen-bond donors (Lipinski definition) is 0. The fourth-order valence-corrected chi connectivity index (χ4v) is 4.75. The van der Waals surface area contributed by atoms with Crippen LogP contribution in [0.1, 0.15) is 19.8 Å². The molecule has 1 aromatic rings. The number of piperazine rings is 1.